The Labute approximate surface area is 133 Å². The summed E-state index contributed by atoms with van der Waals surface area (Å²) in [4.78, 5) is 0. The molecule has 0 unspecified atom stereocenters. The van der Waals surface area contributed by atoms with E-state index in [1.165, 1.54) is 0 Å². The third-order valence-corrected chi connectivity index (χ3v) is 5.97. The number of benzene rings is 1. The first kappa shape index (κ1) is 16.2. The molecule has 0 aliphatic carbocycles. The van der Waals surface area contributed by atoms with Crippen LogP contribution in [0.25, 0.3) is 0 Å². The molecule has 20 heavy (non-hydrogen) atoms. The Morgan fingerprint density at radius 3 is 2.70 bits per heavy atom. The van der Waals surface area contributed by atoms with Crippen molar-refractivity contribution in [1.29, 1.82) is 0 Å². The molecule has 0 aromatic heterocycles. The summed E-state index contributed by atoms with van der Waals surface area (Å²) in [6.45, 7) is 1.16. The predicted molar refractivity (Wildman–Crippen MR) is 86.8 cm³/mol. The lowest BCUT2D eigenvalue weighted by molar-refractivity contribution is 0.135. The lowest BCUT2D eigenvalue weighted by atomic mass is 10.1. The first-order valence-corrected chi connectivity index (χ1v) is 9.21. The lowest BCUT2D eigenvalue weighted by Gasteiger charge is -2.23. The highest BCUT2D eigenvalue weighted by Crippen LogP contribution is 2.24. The molecule has 0 saturated carbocycles. The van der Waals surface area contributed by atoms with Crippen LogP contribution in [0.3, 0.4) is 0 Å². The minimum atomic E-state index is -3.47. The van der Waals surface area contributed by atoms with Crippen molar-refractivity contribution in [1.82, 2.24) is 7.84 Å². The number of nitrogens with zero attached hydrogens (tertiary/aromatic N) is 1. The fraction of sp³-hybridized carbons (Fsp3) is 0.538. The zero-order valence-electron chi connectivity index (χ0n) is 11.1. The molecule has 1 heterocycles. The molecular weight excluding hydrogens is 391 g/mol. The smallest absolute Gasteiger partial charge is 0.214 e. The number of hydrogen-bond acceptors (Lipinski definition) is 4. The van der Waals surface area contributed by atoms with Crippen LogP contribution in [0.5, 0.6) is 0 Å². The molecule has 0 radical (unpaired) electrons. The van der Waals surface area contributed by atoms with Crippen LogP contribution in [-0.4, -0.2) is 41.1 Å². The third kappa shape index (κ3) is 4.66. The molecule has 112 valence electrons. The van der Waals surface area contributed by atoms with Crippen LogP contribution in [-0.2, 0) is 16.6 Å². The van der Waals surface area contributed by atoms with Gasteiger partial charge < -0.3 is 5.11 Å². The van der Waals surface area contributed by atoms with Gasteiger partial charge in [0.2, 0.25) is 10.0 Å². The van der Waals surface area contributed by atoms with E-state index in [1.54, 1.807) is 0 Å². The Hall–Kier alpha value is -0.220. The topological polar surface area (TPSA) is 69.6 Å². The Kier molecular flexibility index (Phi) is 5.79. The average molecular weight is 410 g/mol. The van der Waals surface area contributed by atoms with Crippen molar-refractivity contribution in [2.75, 3.05) is 12.3 Å². The molecule has 2 rings (SSSR count). The normalized spacial score (nSPS) is 22.0. The summed E-state index contributed by atoms with van der Waals surface area (Å²) in [5.41, 5.74) is 0.905. The van der Waals surface area contributed by atoms with Gasteiger partial charge in [-0.2, -0.15) is 0 Å². The van der Waals surface area contributed by atoms with Crippen LogP contribution in [0.2, 0.25) is 0 Å². The monoisotopic (exact) mass is 410 g/mol. The van der Waals surface area contributed by atoms with Crippen LogP contribution in [0.15, 0.2) is 30.3 Å². The molecule has 0 spiro atoms. The van der Waals surface area contributed by atoms with E-state index in [0.29, 0.717) is 0 Å². The molecule has 1 aromatic carbocycles. The second kappa shape index (κ2) is 7.17. The van der Waals surface area contributed by atoms with Crippen molar-refractivity contribution in [2.24, 2.45) is 0 Å². The van der Waals surface area contributed by atoms with Crippen molar-refractivity contribution in [3.05, 3.63) is 35.9 Å². The van der Waals surface area contributed by atoms with Crippen LogP contribution in [0.4, 0.5) is 0 Å². The zero-order chi connectivity index (χ0) is 14.6. The molecule has 1 aromatic rings. The van der Waals surface area contributed by atoms with E-state index < -0.39 is 16.1 Å². The van der Waals surface area contributed by atoms with Crippen molar-refractivity contribution < 1.29 is 13.5 Å². The van der Waals surface area contributed by atoms with Gasteiger partial charge in [-0.3, -0.25) is 0 Å². The van der Waals surface area contributed by atoms with E-state index in [-0.39, 0.29) is 18.3 Å². The van der Waals surface area contributed by atoms with Crippen LogP contribution in [0, 0.1) is 0 Å². The predicted octanol–water partition coefficient (Wildman–Crippen LogP) is 1.28. The molecule has 1 aliphatic heterocycles. The lowest BCUT2D eigenvalue weighted by Crippen LogP contribution is -2.41. The molecule has 1 aliphatic rings. The highest BCUT2D eigenvalue weighted by atomic mass is 127. The Morgan fingerprint density at radius 1 is 1.40 bits per heavy atom. The first-order valence-electron chi connectivity index (χ1n) is 6.60. The van der Waals surface area contributed by atoms with E-state index in [9.17, 15) is 13.5 Å². The highest BCUT2D eigenvalue weighted by Gasteiger charge is 2.32. The van der Waals surface area contributed by atoms with Crippen molar-refractivity contribution in [3.8, 4) is 0 Å². The van der Waals surface area contributed by atoms with Crippen LogP contribution in [0.1, 0.15) is 18.4 Å². The van der Waals surface area contributed by atoms with E-state index in [4.69, 9.17) is 0 Å². The molecule has 0 bridgehead atoms. The van der Waals surface area contributed by atoms with Gasteiger partial charge in [-0.05, 0) is 18.4 Å². The number of aliphatic hydroxyl groups excluding tert-OH is 1. The molecule has 1 saturated heterocycles. The molecule has 2 N–H and O–H groups in total. The molecule has 2 atom stereocenters. The molecule has 1 fully saturated rings. The van der Waals surface area contributed by atoms with Gasteiger partial charge in [0.15, 0.2) is 0 Å². The summed E-state index contributed by atoms with van der Waals surface area (Å²) in [5, 5.41) is 10.1. The van der Waals surface area contributed by atoms with Gasteiger partial charge in [-0.25, -0.2) is 16.3 Å². The number of hydrogen-bond donors (Lipinski definition) is 2. The maximum atomic E-state index is 12.0. The molecule has 5 nitrogen and oxygen atoms in total. The second-order valence-electron chi connectivity index (χ2n) is 4.99. The van der Waals surface area contributed by atoms with Gasteiger partial charge in [0, 0.05) is 42.0 Å². The van der Waals surface area contributed by atoms with Gasteiger partial charge in [0.05, 0.1) is 11.9 Å². The SMILES string of the molecule is O=S(=O)(C[C@@H](O)[C@@H]1CCCN1I)NCc1ccccc1. The van der Waals surface area contributed by atoms with Crippen molar-refractivity contribution in [3.63, 3.8) is 0 Å². The zero-order valence-corrected chi connectivity index (χ0v) is 14.0. The van der Waals surface area contributed by atoms with Crippen LogP contribution >= 0.6 is 22.9 Å². The Bertz CT molecular complexity index is 524. The summed E-state index contributed by atoms with van der Waals surface area (Å²) in [7, 11) is -3.47. The average Bonchev–Trinajstić information content (AvgIpc) is 2.84. The number of aliphatic hydroxyl groups is 1. The van der Waals surface area contributed by atoms with Gasteiger partial charge in [0.25, 0.3) is 0 Å². The minimum Gasteiger partial charge on any atom is -0.390 e. The molecular formula is C13H19IN2O3S. The number of rotatable bonds is 6. The van der Waals surface area contributed by atoms with Crippen LogP contribution < -0.4 is 4.72 Å². The van der Waals surface area contributed by atoms with Gasteiger partial charge in [-0.1, -0.05) is 30.3 Å². The fourth-order valence-electron chi connectivity index (χ4n) is 2.32. The Morgan fingerprint density at radius 2 is 2.10 bits per heavy atom. The van der Waals surface area contributed by atoms with Gasteiger partial charge >= 0.3 is 0 Å². The summed E-state index contributed by atoms with van der Waals surface area (Å²) in [6.07, 6.45) is 1.00. The highest BCUT2D eigenvalue weighted by molar-refractivity contribution is 14.1. The summed E-state index contributed by atoms with van der Waals surface area (Å²) >= 11 is 2.15. The van der Waals surface area contributed by atoms with E-state index in [0.717, 1.165) is 24.9 Å². The maximum absolute atomic E-state index is 12.0. The molecule has 0 amide bonds. The fourth-order valence-corrected chi connectivity index (χ4v) is 4.49. The Balaban J connectivity index is 1.87. The van der Waals surface area contributed by atoms with Gasteiger partial charge in [0.1, 0.15) is 0 Å². The third-order valence-electron chi connectivity index (χ3n) is 3.40. The number of nitrogens with one attached hydrogen (secondary N) is 1. The second-order valence-corrected chi connectivity index (χ2v) is 8.08. The quantitative estimate of drug-likeness (QED) is 0.548. The summed E-state index contributed by atoms with van der Waals surface area (Å²) < 4.78 is 28.5. The van der Waals surface area contributed by atoms with E-state index >= 15 is 0 Å². The standard InChI is InChI=1S/C13H19IN2O3S/c14-16-8-4-7-12(16)13(17)10-20(18,19)15-9-11-5-2-1-3-6-11/h1-3,5-6,12-13,15,17H,4,7-10H2/t12-,13+/m0/s1. The number of halogens is 1. The minimum absolute atomic E-state index is 0.0658. The van der Waals surface area contributed by atoms with E-state index in [1.807, 2.05) is 33.4 Å². The number of sulfonamides is 1. The summed E-state index contributed by atoms with van der Waals surface area (Å²) in [5.74, 6) is -0.246. The molecule has 7 heteroatoms. The summed E-state index contributed by atoms with van der Waals surface area (Å²) in [6, 6.07) is 9.28. The van der Waals surface area contributed by atoms with Crippen molar-refractivity contribution >= 4 is 32.9 Å². The largest absolute Gasteiger partial charge is 0.390 e. The van der Waals surface area contributed by atoms with E-state index in [2.05, 4.69) is 27.6 Å². The maximum Gasteiger partial charge on any atom is 0.214 e. The first-order chi connectivity index (χ1) is 9.48. The van der Waals surface area contributed by atoms with Gasteiger partial charge in [-0.15, -0.1) is 0 Å². The van der Waals surface area contributed by atoms with Crippen molar-refractivity contribution in [2.45, 2.75) is 31.5 Å².